The van der Waals surface area contributed by atoms with Crippen LogP contribution >= 0.6 is 24.0 Å². The summed E-state index contributed by atoms with van der Waals surface area (Å²) in [7, 11) is 3.47. The van der Waals surface area contributed by atoms with Gasteiger partial charge in [0.15, 0.2) is 5.96 Å². The average molecular weight is 468 g/mol. The first-order valence-corrected chi connectivity index (χ1v) is 8.63. The zero-order valence-electron chi connectivity index (χ0n) is 16.0. The number of hydrogen-bond donors (Lipinski definition) is 2. The highest BCUT2D eigenvalue weighted by Crippen LogP contribution is 2.21. The number of hydrogen-bond acceptors (Lipinski definition) is 3. The first kappa shape index (κ1) is 22.2. The van der Waals surface area contributed by atoms with Crippen molar-refractivity contribution in [3.8, 4) is 5.75 Å². The lowest BCUT2D eigenvalue weighted by Gasteiger charge is -2.15. The molecule has 1 aromatic heterocycles. The zero-order chi connectivity index (χ0) is 18.1. The van der Waals surface area contributed by atoms with Crippen molar-refractivity contribution in [2.75, 3.05) is 20.7 Å². The fourth-order valence-electron chi connectivity index (χ4n) is 2.60. The van der Waals surface area contributed by atoms with Crippen LogP contribution in [0.1, 0.15) is 36.2 Å². The van der Waals surface area contributed by atoms with Crippen LogP contribution < -0.4 is 15.4 Å². The van der Waals surface area contributed by atoms with Crippen LogP contribution in [0.15, 0.2) is 47.5 Å². The molecule has 0 amide bonds. The fraction of sp³-hybridized carbons (Fsp3) is 0.400. The molecule has 5 nitrogen and oxygen atoms in total. The lowest BCUT2D eigenvalue weighted by Crippen LogP contribution is -2.37. The van der Waals surface area contributed by atoms with Gasteiger partial charge in [-0.3, -0.25) is 9.98 Å². The standard InChI is InChI=1S/C20H28N4O.HI/c1-15(17-8-10-19(25-4)11-9-17)12-13-22-20(21-3)23-14-18-7-5-6-16(2)24-18;/h5-11,15H,12-14H2,1-4H3,(H2,21,22,23);1H. The molecule has 0 aliphatic carbocycles. The van der Waals surface area contributed by atoms with Gasteiger partial charge >= 0.3 is 0 Å². The van der Waals surface area contributed by atoms with Crippen LogP contribution in [0, 0.1) is 6.92 Å². The highest BCUT2D eigenvalue weighted by atomic mass is 127. The van der Waals surface area contributed by atoms with Gasteiger partial charge in [-0.25, -0.2) is 0 Å². The zero-order valence-corrected chi connectivity index (χ0v) is 18.3. The number of nitrogens with one attached hydrogen (secondary N) is 2. The predicted octanol–water partition coefficient (Wildman–Crippen LogP) is 3.88. The monoisotopic (exact) mass is 468 g/mol. The Balaban J connectivity index is 0.00000338. The highest BCUT2D eigenvalue weighted by Gasteiger charge is 2.06. The molecule has 0 spiro atoms. The van der Waals surface area contributed by atoms with Crippen molar-refractivity contribution in [2.24, 2.45) is 4.99 Å². The van der Waals surface area contributed by atoms with Crippen LogP contribution in [0.5, 0.6) is 5.75 Å². The highest BCUT2D eigenvalue weighted by molar-refractivity contribution is 14.0. The lowest BCUT2D eigenvalue weighted by molar-refractivity contribution is 0.414. The van der Waals surface area contributed by atoms with Gasteiger partial charge in [0.25, 0.3) is 0 Å². The van der Waals surface area contributed by atoms with E-state index in [0.29, 0.717) is 12.5 Å². The van der Waals surface area contributed by atoms with Crippen LogP contribution in [0.2, 0.25) is 0 Å². The van der Waals surface area contributed by atoms with Crippen molar-refractivity contribution < 1.29 is 4.74 Å². The molecule has 1 atom stereocenters. The fourth-order valence-corrected chi connectivity index (χ4v) is 2.60. The SMILES string of the molecule is CN=C(NCCC(C)c1ccc(OC)cc1)NCc1cccc(C)n1.I. The number of methoxy groups -OCH3 is 1. The third-order valence-corrected chi connectivity index (χ3v) is 4.16. The van der Waals surface area contributed by atoms with Gasteiger partial charge in [-0.15, -0.1) is 24.0 Å². The summed E-state index contributed by atoms with van der Waals surface area (Å²) in [6, 6.07) is 14.3. The molecule has 1 heterocycles. The van der Waals surface area contributed by atoms with Gasteiger partial charge in [-0.2, -0.15) is 0 Å². The number of nitrogens with zero attached hydrogens (tertiary/aromatic N) is 2. The number of aromatic nitrogens is 1. The Morgan fingerprint density at radius 2 is 1.88 bits per heavy atom. The summed E-state index contributed by atoms with van der Waals surface area (Å²) in [5.74, 6) is 2.16. The van der Waals surface area contributed by atoms with Gasteiger partial charge in [-0.05, 0) is 49.1 Å². The molecule has 2 aromatic rings. The Morgan fingerprint density at radius 1 is 1.15 bits per heavy atom. The predicted molar refractivity (Wildman–Crippen MR) is 119 cm³/mol. The number of aryl methyl sites for hydroxylation is 1. The number of ether oxygens (including phenoxy) is 1. The van der Waals surface area contributed by atoms with E-state index in [1.54, 1.807) is 14.2 Å². The van der Waals surface area contributed by atoms with Gasteiger partial charge in [0.2, 0.25) is 0 Å². The smallest absolute Gasteiger partial charge is 0.191 e. The molecular formula is C20H29IN4O. The van der Waals surface area contributed by atoms with E-state index in [0.717, 1.165) is 36.1 Å². The van der Waals surface area contributed by atoms with Crippen molar-refractivity contribution >= 4 is 29.9 Å². The number of guanidine groups is 1. The summed E-state index contributed by atoms with van der Waals surface area (Å²) in [5.41, 5.74) is 3.35. The molecule has 0 radical (unpaired) electrons. The summed E-state index contributed by atoms with van der Waals surface area (Å²) < 4.78 is 5.21. The van der Waals surface area contributed by atoms with E-state index in [9.17, 15) is 0 Å². The summed E-state index contributed by atoms with van der Waals surface area (Å²) >= 11 is 0. The molecule has 2 rings (SSSR count). The maximum Gasteiger partial charge on any atom is 0.191 e. The minimum atomic E-state index is 0. The number of benzene rings is 1. The van der Waals surface area contributed by atoms with Crippen LogP contribution in [0.4, 0.5) is 0 Å². The Bertz CT molecular complexity index is 688. The van der Waals surface area contributed by atoms with E-state index in [2.05, 4.69) is 39.7 Å². The second-order valence-electron chi connectivity index (χ2n) is 6.09. The molecule has 0 aliphatic heterocycles. The largest absolute Gasteiger partial charge is 0.497 e. The minimum Gasteiger partial charge on any atom is -0.497 e. The first-order valence-electron chi connectivity index (χ1n) is 8.63. The maximum absolute atomic E-state index is 5.21. The van der Waals surface area contributed by atoms with Gasteiger partial charge < -0.3 is 15.4 Å². The second-order valence-corrected chi connectivity index (χ2v) is 6.09. The number of aliphatic imine (C=N–C) groups is 1. The molecule has 0 saturated heterocycles. The van der Waals surface area contributed by atoms with Gasteiger partial charge in [-0.1, -0.05) is 25.1 Å². The van der Waals surface area contributed by atoms with E-state index in [-0.39, 0.29) is 24.0 Å². The summed E-state index contributed by atoms with van der Waals surface area (Å²) in [5, 5.41) is 6.67. The van der Waals surface area contributed by atoms with Crippen LogP contribution in [0.3, 0.4) is 0 Å². The number of halogens is 1. The normalized spacial score (nSPS) is 12.1. The third-order valence-electron chi connectivity index (χ3n) is 4.16. The van der Waals surface area contributed by atoms with Gasteiger partial charge in [0.1, 0.15) is 5.75 Å². The Kier molecular flexibility index (Phi) is 10.0. The van der Waals surface area contributed by atoms with Crippen molar-refractivity contribution in [1.29, 1.82) is 0 Å². The van der Waals surface area contributed by atoms with Gasteiger partial charge in [0, 0.05) is 19.3 Å². The molecule has 1 aromatic carbocycles. The molecule has 2 N–H and O–H groups in total. The quantitative estimate of drug-likeness (QED) is 0.368. The van der Waals surface area contributed by atoms with Crippen molar-refractivity contribution in [1.82, 2.24) is 15.6 Å². The summed E-state index contributed by atoms with van der Waals surface area (Å²) in [4.78, 5) is 8.75. The van der Waals surface area contributed by atoms with Crippen molar-refractivity contribution in [2.45, 2.75) is 32.7 Å². The molecule has 0 fully saturated rings. The van der Waals surface area contributed by atoms with E-state index >= 15 is 0 Å². The maximum atomic E-state index is 5.21. The Hall–Kier alpha value is -1.83. The third kappa shape index (κ3) is 7.19. The molecular weight excluding hydrogens is 439 g/mol. The van der Waals surface area contributed by atoms with Crippen molar-refractivity contribution in [3.63, 3.8) is 0 Å². The molecule has 26 heavy (non-hydrogen) atoms. The van der Waals surface area contributed by atoms with E-state index < -0.39 is 0 Å². The summed E-state index contributed by atoms with van der Waals surface area (Å²) in [6.45, 7) is 5.75. The van der Waals surface area contributed by atoms with Crippen LogP contribution in [-0.4, -0.2) is 31.6 Å². The molecule has 0 bridgehead atoms. The van der Waals surface area contributed by atoms with Crippen LogP contribution in [0.25, 0.3) is 0 Å². The molecule has 142 valence electrons. The topological polar surface area (TPSA) is 58.5 Å². The molecule has 6 heteroatoms. The Morgan fingerprint density at radius 3 is 2.50 bits per heavy atom. The average Bonchev–Trinajstić information content (AvgIpc) is 2.64. The lowest BCUT2D eigenvalue weighted by atomic mass is 9.98. The molecule has 0 aliphatic rings. The van der Waals surface area contributed by atoms with Crippen LogP contribution in [-0.2, 0) is 6.54 Å². The number of rotatable bonds is 7. The van der Waals surface area contributed by atoms with E-state index in [4.69, 9.17) is 4.74 Å². The van der Waals surface area contributed by atoms with E-state index in [1.165, 1.54) is 5.56 Å². The molecule has 1 unspecified atom stereocenters. The van der Waals surface area contributed by atoms with E-state index in [1.807, 2.05) is 37.3 Å². The second kappa shape index (κ2) is 11.7. The Labute approximate surface area is 173 Å². The first-order chi connectivity index (χ1) is 12.1. The minimum absolute atomic E-state index is 0. The van der Waals surface area contributed by atoms with Crippen molar-refractivity contribution in [3.05, 3.63) is 59.4 Å². The van der Waals surface area contributed by atoms with Gasteiger partial charge in [0.05, 0.1) is 19.3 Å². The number of pyridine rings is 1. The summed E-state index contributed by atoms with van der Waals surface area (Å²) in [6.07, 6.45) is 1.02. The molecule has 0 saturated carbocycles.